The molecule has 0 bridgehead atoms. The van der Waals surface area contributed by atoms with Crippen molar-refractivity contribution in [3.8, 4) is 0 Å². The van der Waals surface area contributed by atoms with Gasteiger partial charge in [-0.25, -0.2) is 0 Å². The van der Waals surface area contributed by atoms with E-state index in [1.54, 1.807) is 20.9 Å². The van der Waals surface area contributed by atoms with Gasteiger partial charge < -0.3 is 10.4 Å². The Bertz CT molecular complexity index is 529. The molecule has 0 atom stereocenters. The molecule has 20 heavy (non-hydrogen) atoms. The molecule has 0 aliphatic carbocycles. The number of aryl methyl sites for hydroxylation is 1. The van der Waals surface area contributed by atoms with E-state index in [-0.39, 0.29) is 12.5 Å². The van der Waals surface area contributed by atoms with Crippen LogP contribution in [0.5, 0.6) is 0 Å². The molecule has 1 aromatic carbocycles. The molecule has 0 radical (unpaired) electrons. The minimum Gasteiger partial charge on any atom is -0.480 e. The Balaban J connectivity index is 2.71. The highest BCUT2D eigenvalue weighted by Gasteiger charge is 2.32. The van der Waals surface area contributed by atoms with E-state index in [0.717, 1.165) is 14.8 Å². The number of carbonyl (C=O) groups excluding carboxylic acids is 1. The first kappa shape index (κ1) is 16.9. The van der Waals surface area contributed by atoms with Crippen molar-refractivity contribution in [1.82, 2.24) is 4.90 Å². The van der Waals surface area contributed by atoms with E-state index in [1.165, 1.54) is 4.90 Å². The van der Waals surface area contributed by atoms with Crippen LogP contribution in [0.4, 0.5) is 5.69 Å². The van der Waals surface area contributed by atoms with Gasteiger partial charge >= 0.3 is 5.97 Å². The van der Waals surface area contributed by atoms with Crippen molar-refractivity contribution < 1.29 is 14.7 Å². The molecule has 0 aliphatic rings. The van der Waals surface area contributed by atoms with Gasteiger partial charge in [0.25, 0.3) is 0 Å². The number of carboxylic acids is 1. The Labute approximate surface area is 132 Å². The number of anilines is 1. The van der Waals surface area contributed by atoms with Crippen molar-refractivity contribution in [1.29, 1.82) is 0 Å². The lowest BCUT2D eigenvalue weighted by atomic mass is 10.0. The zero-order valence-electron chi connectivity index (χ0n) is 12.0. The van der Waals surface area contributed by atoms with E-state index in [4.69, 9.17) is 5.11 Å². The molecule has 2 N–H and O–H groups in total. The maximum atomic E-state index is 12.0. The predicted octanol–water partition coefficient (Wildman–Crippen LogP) is 2.33. The average molecular weight is 390 g/mol. The Hall–Kier alpha value is -1.15. The van der Waals surface area contributed by atoms with Gasteiger partial charge in [-0.15, -0.1) is 0 Å². The molecule has 110 valence electrons. The summed E-state index contributed by atoms with van der Waals surface area (Å²) in [5, 5.41) is 11.9. The van der Waals surface area contributed by atoms with Gasteiger partial charge in [-0.3, -0.25) is 14.5 Å². The van der Waals surface area contributed by atoms with Crippen molar-refractivity contribution in [2.45, 2.75) is 26.3 Å². The summed E-state index contributed by atoms with van der Waals surface area (Å²) in [4.78, 5) is 24.6. The van der Waals surface area contributed by atoms with Crippen LogP contribution in [0, 0.1) is 10.5 Å². The molecule has 0 unspecified atom stereocenters. The fourth-order valence-electron chi connectivity index (χ4n) is 1.53. The zero-order chi connectivity index (χ0) is 15.5. The van der Waals surface area contributed by atoms with Crippen LogP contribution in [-0.4, -0.2) is 41.0 Å². The number of nitrogens with one attached hydrogen (secondary N) is 1. The molecule has 1 rings (SSSR count). The van der Waals surface area contributed by atoms with E-state index in [0.29, 0.717) is 0 Å². The molecule has 0 heterocycles. The second-order valence-corrected chi connectivity index (χ2v) is 6.47. The summed E-state index contributed by atoms with van der Waals surface area (Å²) in [6, 6.07) is 5.73. The lowest BCUT2D eigenvalue weighted by Crippen LogP contribution is -2.50. The van der Waals surface area contributed by atoms with Gasteiger partial charge in [-0.05, 0) is 74.2 Å². The molecule has 5 nitrogen and oxygen atoms in total. The number of nitrogens with zero attached hydrogens (tertiary/aromatic N) is 1. The molecule has 1 amide bonds. The largest absolute Gasteiger partial charge is 0.480 e. The molecule has 0 saturated heterocycles. The summed E-state index contributed by atoms with van der Waals surface area (Å²) in [5.41, 5.74) is 0.640. The van der Waals surface area contributed by atoms with Crippen LogP contribution in [-0.2, 0) is 9.59 Å². The molecule has 0 saturated carbocycles. The Kier molecular flexibility index (Phi) is 5.52. The molecule has 0 fully saturated rings. The number of aliphatic carboxylic acids is 1. The fraction of sp³-hybridized carbons (Fsp3) is 0.429. The normalized spacial score (nSPS) is 11.5. The van der Waals surface area contributed by atoms with Gasteiger partial charge in [-0.1, -0.05) is 0 Å². The minimum atomic E-state index is -1.08. The van der Waals surface area contributed by atoms with E-state index in [9.17, 15) is 9.59 Å². The molecule has 0 spiro atoms. The first-order chi connectivity index (χ1) is 9.14. The molecular weight excluding hydrogens is 371 g/mol. The van der Waals surface area contributed by atoms with Crippen molar-refractivity contribution in [3.63, 3.8) is 0 Å². The van der Waals surface area contributed by atoms with Crippen molar-refractivity contribution in [2.24, 2.45) is 0 Å². The second kappa shape index (κ2) is 6.53. The number of benzene rings is 1. The van der Waals surface area contributed by atoms with Crippen molar-refractivity contribution >= 4 is 40.2 Å². The number of carbonyl (C=O) groups is 2. The van der Waals surface area contributed by atoms with Crippen LogP contribution in [0.15, 0.2) is 18.2 Å². The zero-order valence-corrected chi connectivity index (χ0v) is 14.2. The first-order valence-corrected chi connectivity index (χ1v) is 7.23. The topological polar surface area (TPSA) is 69.6 Å². The van der Waals surface area contributed by atoms with Crippen LogP contribution in [0.25, 0.3) is 0 Å². The Morgan fingerprint density at radius 1 is 1.40 bits per heavy atom. The summed E-state index contributed by atoms with van der Waals surface area (Å²) in [7, 11) is 1.62. The lowest BCUT2D eigenvalue weighted by Gasteiger charge is -2.30. The van der Waals surface area contributed by atoms with E-state index >= 15 is 0 Å². The third-order valence-electron chi connectivity index (χ3n) is 3.32. The standard InChI is InChI=1S/C14H19IN2O3/c1-9-7-10(15)5-6-11(9)16-12(18)8-17(4)14(2,3)13(19)20/h5-7H,8H2,1-4H3,(H,16,18)(H,19,20). The van der Waals surface area contributed by atoms with Crippen LogP contribution in [0.3, 0.4) is 0 Å². The number of hydrogen-bond acceptors (Lipinski definition) is 3. The van der Waals surface area contributed by atoms with E-state index in [2.05, 4.69) is 27.9 Å². The highest BCUT2D eigenvalue weighted by molar-refractivity contribution is 14.1. The molecule has 6 heteroatoms. The number of carboxylic acid groups (broad SMARTS) is 1. The number of hydrogen-bond donors (Lipinski definition) is 2. The highest BCUT2D eigenvalue weighted by atomic mass is 127. The van der Waals surface area contributed by atoms with Gasteiger partial charge in [0.2, 0.25) is 5.91 Å². The van der Waals surface area contributed by atoms with Crippen LogP contribution >= 0.6 is 22.6 Å². The fourth-order valence-corrected chi connectivity index (χ4v) is 2.18. The Morgan fingerprint density at radius 2 is 2.00 bits per heavy atom. The highest BCUT2D eigenvalue weighted by Crippen LogP contribution is 2.18. The summed E-state index contributed by atoms with van der Waals surface area (Å²) in [5.74, 6) is -1.19. The minimum absolute atomic E-state index is 0.0186. The molecular formula is C14H19IN2O3. The molecule has 1 aromatic rings. The van der Waals surface area contributed by atoms with Crippen LogP contribution in [0.2, 0.25) is 0 Å². The van der Waals surface area contributed by atoms with Crippen molar-refractivity contribution in [2.75, 3.05) is 18.9 Å². The summed E-state index contributed by atoms with van der Waals surface area (Å²) in [6.07, 6.45) is 0. The van der Waals surface area contributed by atoms with Gasteiger partial charge in [0.15, 0.2) is 0 Å². The first-order valence-electron chi connectivity index (χ1n) is 6.15. The SMILES string of the molecule is Cc1cc(I)ccc1NC(=O)CN(C)C(C)(C)C(=O)O. The van der Waals surface area contributed by atoms with Gasteiger partial charge in [0.05, 0.1) is 6.54 Å². The number of amides is 1. The summed E-state index contributed by atoms with van der Waals surface area (Å²) >= 11 is 2.21. The van der Waals surface area contributed by atoms with E-state index in [1.807, 2.05) is 25.1 Å². The van der Waals surface area contributed by atoms with E-state index < -0.39 is 11.5 Å². The van der Waals surface area contributed by atoms with Crippen molar-refractivity contribution in [3.05, 3.63) is 27.3 Å². The average Bonchev–Trinajstić information content (AvgIpc) is 2.32. The van der Waals surface area contributed by atoms with Crippen LogP contribution < -0.4 is 5.32 Å². The van der Waals surface area contributed by atoms with Gasteiger partial charge in [0.1, 0.15) is 5.54 Å². The van der Waals surface area contributed by atoms with Crippen LogP contribution in [0.1, 0.15) is 19.4 Å². The Morgan fingerprint density at radius 3 is 2.50 bits per heavy atom. The predicted molar refractivity (Wildman–Crippen MR) is 86.9 cm³/mol. The quantitative estimate of drug-likeness (QED) is 0.758. The number of rotatable bonds is 5. The summed E-state index contributed by atoms with van der Waals surface area (Å²) in [6.45, 7) is 5.07. The monoisotopic (exact) mass is 390 g/mol. The smallest absolute Gasteiger partial charge is 0.323 e. The molecule has 0 aromatic heterocycles. The van der Waals surface area contributed by atoms with Gasteiger partial charge in [0, 0.05) is 9.26 Å². The number of likely N-dealkylation sites (N-methyl/N-ethyl adjacent to an activating group) is 1. The molecule has 0 aliphatic heterocycles. The third-order valence-corrected chi connectivity index (χ3v) is 3.99. The lowest BCUT2D eigenvalue weighted by molar-refractivity contribution is -0.148. The summed E-state index contributed by atoms with van der Waals surface area (Å²) < 4.78 is 1.10. The second-order valence-electron chi connectivity index (χ2n) is 5.23. The third kappa shape index (κ3) is 4.17. The maximum absolute atomic E-state index is 12.0. The maximum Gasteiger partial charge on any atom is 0.323 e. The van der Waals surface area contributed by atoms with Gasteiger partial charge in [-0.2, -0.15) is 0 Å². The number of halogens is 1.